The van der Waals surface area contributed by atoms with Crippen LogP contribution in [0.3, 0.4) is 0 Å². The number of carbonyl (C=O) groups is 1. The molecule has 0 aliphatic rings. The zero-order chi connectivity index (χ0) is 17.1. The van der Waals surface area contributed by atoms with Gasteiger partial charge in [-0.05, 0) is 31.9 Å². The van der Waals surface area contributed by atoms with Crippen LogP contribution in [0.2, 0.25) is 0 Å². The molecule has 3 nitrogen and oxygen atoms in total. The molecule has 0 spiro atoms. The molecule has 3 aromatic rings. The van der Waals surface area contributed by atoms with Gasteiger partial charge >= 0.3 is 5.97 Å². The van der Waals surface area contributed by atoms with E-state index in [1.54, 1.807) is 0 Å². The number of benzene rings is 2. The lowest BCUT2D eigenvalue weighted by molar-refractivity contribution is 0.0528. The van der Waals surface area contributed by atoms with Gasteiger partial charge in [-0.25, -0.2) is 4.79 Å². The molecule has 0 saturated carbocycles. The Labute approximate surface area is 142 Å². The fourth-order valence-electron chi connectivity index (χ4n) is 3.02. The predicted molar refractivity (Wildman–Crippen MR) is 97.1 cm³/mol. The summed E-state index contributed by atoms with van der Waals surface area (Å²) >= 11 is 0. The van der Waals surface area contributed by atoms with Crippen LogP contribution in [0, 0.1) is 13.8 Å². The van der Waals surface area contributed by atoms with Crippen LogP contribution >= 0.6 is 0 Å². The summed E-state index contributed by atoms with van der Waals surface area (Å²) in [5, 5.41) is 0. The average Bonchev–Trinajstić information content (AvgIpc) is 2.93. The Bertz CT molecular complexity index is 863. The summed E-state index contributed by atoms with van der Waals surface area (Å²) in [6.07, 6.45) is 0. The Morgan fingerprint density at radius 1 is 1.00 bits per heavy atom. The van der Waals surface area contributed by atoms with Crippen molar-refractivity contribution < 1.29 is 9.53 Å². The van der Waals surface area contributed by atoms with Crippen LogP contribution in [-0.4, -0.2) is 17.6 Å². The van der Waals surface area contributed by atoms with Gasteiger partial charge < -0.3 is 9.72 Å². The van der Waals surface area contributed by atoms with E-state index >= 15 is 0 Å². The molecule has 1 aromatic heterocycles. The molecule has 1 heterocycles. The summed E-state index contributed by atoms with van der Waals surface area (Å²) in [4.78, 5) is 16.1. The van der Waals surface area contributed by atoms with Gasteiger partial charge in [-0.2, -0.15) is 0 Å². The maximum absolute atomic E-state index is 12.7. The molecule has 0 atom stereocenters. The summed E-state index contributed by atoms with van der Waals surface area (Å²) in [5.41, 5.74) is 6.44. The summed E-state index contributed by atoms with van der Waals surface area (Å²) in [7, 11) is 0. The maximum atomic E-state index is 12.7. The van der Waals surface area contributed by atoms with Gasteiger partial charge in [-0.1, -0.05) is 60.2 Å². The molecule has 0 aliphatic carbocycles. The number of hydrogen-bond donors (Lipinski definition) is 1. The number of carbonyl (C=O) groups excluding carboxylic acids is 1. The summed E-state index contributed by atoms with van der Waals surface area (Å²) in [6.45, 7) is 6.22. The van der Waals surface area contributed by atoms with Crippen LogP contribution in [0.1, 0.15) is 28.5 Å². The minimum atomic E-state index is -0.294. The van der Waals surface area contributed by atoms with Crippen molar-refractivity contribution in [3.63, 3.8) is 0 Å². The van der Waals surface area contributed by atoms with Crippen molar-refractivity contribution in [2.45, 2.75) is 20.8 Å². The lowest BCUT2D eigenvalue weighted by Crippen LogP contribution is -2.06. The van der Waals surface area contributed by atoms with Gasteiger partial charge in [0.2, 0.25) is 0 Å². The quantitative estimate of drug-likeness (QED) is 0.676. The molecule has 122 valence electrons. The molecule has 0 radical (unpaired) electrons. The van der Waals surface area contributed by atoms with Crippen molar-refractivity contribution in [2.75, 3.05) is 6.61 Å². The van der Waals surface area contributed by atoms with Crippen molar-refractivity contribution >= 4 is 5.97 Å². The number of nitrogens with one attached hydrogen (secondary N) is 1. The molecule has 0 bridgehead atoms. The van der Waals surface area contributed by atoms with Gasteiger partial charge in [0.25, 0.3) is 0 Å². The van der Waals surface area contributed by atoms with Crippen LogP contribution in [0.25, 0.3) is 22.4 Å². The van der Waals surface area contributed by atoms with E-state index in [0.29, 0.717) is 12.2 Å². The van der Waals surface area contributed by atoms with Crippen LogP contribution in [0.4, 0.5) is 0 Å². The Hall–Kier alpha value is -2.81. The largest absolute Gasteiger partial charge is 0.462 e. The second-order valence-electron chi connectivity index (χ2n) is 5.83. The smallest absolute Gasteiger partial charge is 0.340 e. The maximum Gasteiger partial charge on any atom is 0.340 e. The molecule has 0 aliphatic heterocycles. The van der Waals surface area contributed by atoms with Gasteiger partial charge in [-0.3, -0.25) is 0 Å². The van der Waals surface area contributed by atoms with Gasteiger partial charge in [-0.15, -0.1) is 0 Å². The summed E-state index contributed by atoms with van der Waals surface area (Å²) in [5.74, 6) is -0.294. The molecule has 1 N–H and O–H groups in total. The first-order chi connectivity index (χ1) is 11.6. The molecule has 2 aromatic carbocycles. The van der Waals surface area contributed by atoms with Gasteiger partial charge in [0.15, 0.2) is 0 Å². The first-order valence-corrected chi connectivity index (χ1v) is 8.14. The average molecular weight is 319 g/mol. The van der Waals surface area contributed by atoms with Crippen molar-refractivity contribution in [1.29, 1.82) is 0 Å². The van der Waals surface area contributed by atoms with Crippen molar-refractivity contribution in [3.05, 3.63) is 71.4 Å². The van der Waals surface area contributed by atoms with Crippen LogP contribution < -0.4 is 0 Å². The van der Waals surface area contributed by atoms with Crippen LogP contribution in [0.5, 0.6) is 0 Å². The molecule has 24 heavy (non-hydrogen) atoms. The predicted octanol–water partition coefficient (Wildman–Crippen LogP) is 5.14. The first-order valence-electron chi connectivity index (χ1n) is 8.14. The molecule has 3 rings (SSSR count). The van der Waals surface area contributed by atoms with E-state index in [-0.39, 0.29) is 5.97 Å². The van der Waals surface area contributed by atoms with E-state index in [4.69, 9.17) is 4.74 Å². The SMILES string of the molecule is CCOC(=O)c1c(-c2ccccc2)[nH]c(C)c1-c1cccc(C)c1. The van der Waals surface area contributed by atoms with Gasteiger partial charge in [0.1, 0.15) is 0 Å². The molecular weight excluding hydrogens is 298 g/mol. The minimum Gasteiger partial charge on any atom is -0.462 e. The number of aryl methyl sites for hydroxylation is 2. The second kappa shape index (κ2) is 6.75. The van der Waals surface area contributed by atoms with Crippen molar-refractivity contribution in [1.82, 2.24) is 4.98 Å². The summed E-state index contributed by atoms with van der Waals surface area (Å²) in [6, 6.07) is 18.1. The van der Waals surface area contributed by atoms with Crippen LogP contribution in [-0.2, 0) is 4.74 Å². The molecule has 0 fully saturated rings. The van der Waals surface area contributed by atoms with Crippen molar-refractivity contribution in [2.24, 2.45) is 0 Å². The number of aromatic amines is 1. The number of H-pyrrole nitrogens is 1. The Morgan fingerprint density at radius 2 is 1.71 bits per heavy atom. The van der Waals surface area contributed by atoms with E-state index < -0.39 is 0 Å². The lowest BCUT2D eigenvalue weighted by atomic mass is 9.97. The topological polar surface area (TPSA) is 42.1 Å². The highest BCUT2D eigenvalue weighted by atomic mass is 16.5. The fourth-order valence-corrected chi connectivity index (χ4v) is 3.02. The zero-order valence-electron chi connectivity index (χ0n) is 14.2. The van der Waals surface area contributed by atoms with Gasteiger partial charge in [0.05, 0.1) is 17.9 Å². The number of esters is 1. The van der Waals surface area contributed by atoms with Crippen molar-refractivity contribution in [3.8, 4) is 22.4 Å². The van der Waals surface area contributed by atoms with E-state index in [1.165, 1.54) is 0 Å². The summed E-state index contributed by atoms with van der Waals surface area (Å²) < 4.78 is 5.34. The standard InChI is InChI=1S/C21H21NO2/c1-4-24-21(23)19-18(17-12-8-9-14(2)13-17)15(3)22-20(19)16-10-6-5-7-11-16/h5-13,22H,4H2,1-3H3. The van der Waals surface area contributed by atoms with E-state index in [0.717, 1.165) is 33.6 Å². The number of ether oxygens (including phenoxy) is 1. The van der Waals surface area contributed by atoms with Crippen LogP contribution in [0.15, 0.2) is 54.6 Å². The van der Waals surface area contributed by atoms with E-state index in [1.807, 2.05) is 69.3 Å². The van der Waals surface area contributed by atoms with E-state index in [9.17, 15) is 4.79 Å². The Balaban J connectivity index is 2.25. The highest BCUT2D eigenvalue weighted by Gasteiger charge is 2.24. The third kappa shape index (κ3) is 2.98. The number of aromatic nitrogens is 1. The highest BCUT2D eigenvalue weighted by molar-refractivity contribution is 6.04. The first kappa shape index (κ1) is 16.1. The monoisotopic (exact) mass is 319 g/mol. The number of hydrogen-bond acceptors (Lipinski definition) is 2. The fraction of sp³-hybridized carbons (Fsp3) is 0.190. The molecular formula is C21H21NO2. The number of rotatable bonds is 4. The molecule has 3 heteroatoms. The molecule has 0 amide bonds. The Morgan fingerprint density at radius 3 is 2.38 bits per heavy atom. The van der Waals surface area contributed by atoms with E-state index in [2.05, 4.69) is 11.1 Å². The third-order valence-electron chi connectivity index (χ3n) is 4.04. The highest BCUT2D eigenvalue weighted by Crippen LogP contribution is 2.36. The lowest BCUT2D eigenvalue weighted by Gasteiger charge is -2.09. The zero-order valence-corrected chi connectivity index (χ0v) is 14.2. The van der Waals surface area contributed by atoms with Gasteiger partial charge in [0, 0.05) is 11.3 Å². The molecule has 0 unspecified atom stereocenters. The minimum absolute atomic E-state index is 0.294. The Kier molecular flexibility index (Phi) is 4.52. The normalized spacial score (nSPS) is 10.6. The third-order valence-corrected chi connectivity index (χ3v) is 4.04. The molecule has 0 saturated heterocycles. The second-order valence-corrected chi connectivity index (χ2v) is 5.83.